The van der Waals surface area contributed by atoms with E-state index in [9.17, 15) is 23.4 Å². The number of nitrogen functional groups attached to an aromatic ring is 1. The second-order valence-electron chi connectivity index (χ2n) is 8.72. The number of hydrogen-bond donors (Lipinski definition) is 6. The van der Waals surface area contributed by atoms with Gasteiger partial charge in [-0.15, -0.1) is 11.3 Å². The third-order valence-corrected chi connectivity index (χ3v) is 6.87. The Morgan fingerprint density at radius 1 is 1.14 bits per heavy atom. The number of rotatable bonds is 11. The summed E-state index contributed by atoms with van der Waals surface area (Å²) in [4.78, 5) is 16.3. The maximum absolute atomic E-state index is 12.2. The maximum atomic E-state index is 12.2. The first-order chi connectivity index (χ1) is 16.9. The standard InChI is InChI=1S/C24H31N5O5S2/c1-14(16-4-7-18(8-5-16)27-22(31)11-19-13-35-24(25)28-19)12-26-15(2)23(32)17-6-9-21(30)20(10-17)29-36(3,33)34/h4-10,13-15,23,26,29-30,32H,11-12H2,1-3H3,(H2,25,28)(H,27,31). The van der Waals surface area contributed by atoms with Gasteiger partial charge in [0.25, 0.3) is 0 Å². The van der Waals surface area contributed by atoms with Crippen molar-refractivity contribution in [2.75, 3.05) is 28.6 Å². The highest BCUT2D eigenvalue weighted by atomic mass is 32.2. The second kappa shape index (κ2) is 11.7. The molecule has 0 spiro atoms. The molecule has 7 N–H and O–H groups in total. The van der Waals surface area contributed by atoms with Gasteiger partial charge in [-0.05, 0) is 48.2 Å². The summed E-state index contributed by atoms with van der Waals surface area (Å²) in [5.41, 5.74) is 8.45. The number of carbonyl (C=O) groups excluding carboxylic acids is 1. The third kappa shape index (κ3) is 7.92. The first-order valence-electron chi connectivity index (χ1n) is 11.2. The van der Waals surface area contributed by atoms with Crippen LogP contribution in [0.25, 0.3) is 0 Å². The lowest BCUT2D eigenvalue weighted by molar-refractivity contribution is -0.115. The van der Waals surface area contributed by atoms with E-state index in [0.29, 0.717) is 28.6 Å². The molecule has 194 valence electrons. The third-order valence-electron chi connectivity index (χ3n) is 5.55. The summed E-state index contributed by atoms with van der Waals surface area (Å²) in [6.07, 6.45) is 0.215. The lowest BCUT2D eigenvalue weighted by Gasteiger charge is -2.23. The maximum Gasteiger partial charge on any atom is 0.230 e. The summed E-state index contributed by atoms with van der Waals surface area (Å²) in [6.45, 7) is 4.44. The largest absolute Gasteiger partial charge is 0.506 e. The molecule has 0 aliphatic rings. The second-order valence-corrected chi connectivity index (χ2v) is 11.4. The summed E-state index contributed by atoms with van der Waals surface area (Å²) < 4.78 is 25.3. The fraction of sp³-hybridized carbons (Fsp3) is 0.333. The van der Waals surface area contributed by atoms with Crippen LogP contribution in [-0.2, 0) is 21.2 Å². The minimum absolute atomic E-state index is 0.0116. The molecular formula is C24H31N5O5S2. The molecule has 1 amide bonds. The molecular weight excluding hydrogens is 502 g/mol. The molecule has 3 rings (SSSR count). The number of hydrogen-bond acceptors (Lipinski definition) is 9. The number of nitrogens with one attached hydrogen (secondary N) is 3. The average Bonchev–Trinajstić information content (AvgIpc) is 3.22. The fourth-order valence-electron chi connectivity index (χ4n) is 3.57. The van der Waals surface area contributed by atoms with Crippen molar-refractivity contribution < 1.29 is 23.4 Å². The highest BCUT2D eigenvalue weighted by Crippen LogP contribution is 2.29. The molecule has 36 heavy (non-hydrogen) atoms. The molecule has 1 heterocycles. The van der Waals surface area contributed by atoms with E-state index in [-0.39, 0.29) is 35.7 Å². The van der Waals surface area contributed by atoms with Crippen molar-refractivity contribution in [2.45, 2.75) is 38.3 Å². The zero-order chi connectivity index (χ0) is 26.5. The normalized spacial score (nSPS) is 14.1. The van der Waals surface area contributed by atoms with Crippen LogP contribution >= 0.6 is 11.3 Å². The number of aromatic nitrogens is 1. The van der Waals surface area contributed by atoms with E-state index in [1.54, 1.807) is 11.4 Å². The summed E-state index contributed by atoms with van der Waals surface area (Å²) in [7, 11) is -3.58. The van der Waals surface area contributed by atoms with Crippen molar-refractivity contribution >= 4 is 43.8 Å². The fourth-order valence-corrected chi connectivity index (χ4v) is 4.69. The van der Waals surface area contributed by atoms with Crippen LogP contribution < -0.4 is 21.1 Å². The number of thiazole rings is 1. The zero-order valence-electron chi connectivity index (χ0n) is 20.2. The molecule has 12 heteroatoms. The molecule has 0 radical (unpaired) electrons. The van der Waals surface area contributed by atoms with Crippen molar-refractivity contribution in [3.05, 3.63) is 64.7 Å². The van der Waals surface area contributed by atoms with E-state index in [1.807, 2.05) is 38.1 Å². The van der Waals surface area contributed by atoms with Gasteiger partial charge in [-0.2, -0.15) is 0 Å². The van der Waals surface area contributed by atoms with Gasteiger partial charge in [-0.3, -0.25) is 9.52 Å². The number of sulfonamides is 1. The quantitative estimate of drug-likeness (QED) is 0.205. The predicted octanol–water partition coefficient (Wildman–Crippen LogP) is 2.80. The van der Waals surface area contributed by atoms with Gasteiger partial charge in [-0.1, -0.05) is 25.1 Å². The van der Waals surface area contributed by atoms with Gasteiger partial charge in [0.2, 0.25) is 15.9 Å². The number of phenolic OH excluding ortho intramolecular Hbond substituents is 1. The smallest absolute Gasteiger partial charge is 0.230 e. The molecule has 0 saturated carbocycles. The van der Waals surface area contributed by atoms with Gasteiger partial charge in [0.15, 0.2) is 5.13 Å². The molecule has 1 aromatic heterocycles. The Balaban J connectivity index is 1.53. The van der Waals surface area contributed by atoms with Crippen molar-refractivity contribution in [3.8, 4) is 5.75 Å². The minimum Gasteiger partial charge on any atom is -0.506 e. The average molecular weight is 534 g/mol. The Kier molecular flexibility index (Phi) is 8.90. The van der Waals surface area contributed by atoms with Crippen LogP contribution in [0, 0.1) is 0 Å². The monoisotopic (exact) mass is 533 g/mol. The molecule has 3 atom stereocenters. The van der Waals surface area contributed by atoms with Gasteiger partial charge in [0.05, 0.1) is 30.2 Å². The number of aliphatic hydroxyl groups is 1. The van der Waals surface area contributed by atoms with Crippen molar-refractivity contribution in [1.29, 1.82) is 0 Å². The van der Waals surface area contributed by atoms with Gasteiger partial charge < -0.3 is 26.6 Å². The molecule has 0 saturated heterocycles. The molecule has 0 fully saturated rings. The van der Waals surface area contributed by atoms with Gasteiger partial charge in [-0.25, -0.2) is 13.4 Å². The highest BCUT2D eigenvalue weighted by molar-refractivity contribution is 7.92. The van der Waals surface area contributed by atoms with Crippen LogP contribution in [0.4, 0.5) is 16.5 Å². The number of nitrogens with two attached hydrogens (primary N) is 1. The van der Waals surface area contributed by atoms with Gasteiger partial charge in [0.1, 0.15) is 5.75 Å². The van der Waals surface area contributed by atoms with Crippen molar-refractivity contribution in [3.63, 3.8) is 0 Å². The van der Waals surface area contributed by atoms with E-state index in [0.717, 1.165) is 11.8 Å². The van der Waals surface area contributed by atoms with Crippen LogP contribution in [-0.4, -0.2) is 48.4 Å². The van der Waals surface area contributed by atoms with Crippen LogP contribution in [0.2, 0.25) is 0 Å². The molecule has 2 aromatic carbocycles. The topological polar surface area (TPSA) is 167 Å². The van der Waals surface area contributed by atoms with Crippen molar-refractivity contribution in [1.82, 2.24) is 10.3 Å². The first kappa shape index (κ1) is 27.4. The van der Waals surface area contributed by atoms with Crippen LogP contribution in [0.5, 0.6) is 5.75 Å². The van der Waals surface area contributed by atoms with E-state index in [4.69, 9.17) is 5.73 Å². The Morgan fingerprint density at radius 2 is 1.81 bits per heavy atom. The molecule has 0 aliphatic heterocycles. The van der Waals surface area contributed by atoms with E-state index in [2.05, 4.69) is 20.3 Å². The number of benzene rings is 2. The van der Waals surface area contributed by atoms with Crippen LogP contribution in [0.1, 0.15) is 42.7 Å². The Labute approximate surface area is 214 Å². The van der Waals surface area contributed by atoms with E-state index >= 15 is 0 Å². The highest BCUT2D eigenvalue weighted by Gasteiger charge is 2.19. The Morgan fingerprint density at radius 3 is 2.42 bits per heavy atom. The van der Waals surface area contributed by atoms with Crippen molar-refractivity contribution in [2.24, 2.45) is 0 Å². The first-order valence-corrected chi connectivity index (χ1v) is 14.0. The molecule has 3 unspecified atom stereocenters. The van der Waals surface area contributed by atoms with Crippen LogP contribution in [0.15, 0.2) is 47.8 Å². The minimum atomic E-state index is -3.58. The molecule has 10 nitrogen and oxygen atoms in total. The van der Waals surface area contributed by atoms with Gasteiger partial charge in [0, 0.05) is 23.7 Å². The number of amides is 1. The number of carbonyl (C=O) groups is 1. The number of nitrogens with zero attached hydrogens (tertiary/aromatic N) is 1. The van der Waals surface area contributed by atoms with E-state index < -0.39 is 16.1 Å². The zero-order valence-corrected chi connectivity index (χ0v) is 21.9. The lowest BCUT2D eigenvalue weighted by Crippen LogP contribution is -2.34. The van der Waals surface area contributed by atoms with Crippen LogP contribution in [0.3, 0.4) is 0 Å². The Hall–Kier alpha value is -3.19. The number of phenols is 1. The van der Waals surface area contributed by atoms with E-state index in [1.165, 1.54) is 23.5 Å². The molecule has 0 bridgehead atoms. The molecule has 0 aliphatic carbocycles. The SMILES string of the molecule is CC(CNC(C)C(O)c1ccc(O)c(NS(C)(=O)=O)c1)c1ccc(NC(=O)Cc2csc(N)n2)cc1. The number of aromatic hydroxyl groups is 1. The predicted molar refractivity (Wildman–Crippen MR) is 143 cm³/mol. The lowest BCUT2D eigenvalue weighted by atomic mass is 9.98. The summed E-state index contributed by atoms with van der Waals surface area (Å²) in [6, 6.07) is 11.5. The Bertz CT molecular complexity index is 1290. The molecule has 3 aromatic rings. The number of anilines is 3. The summed E-state index contributed by atoms with van der Waals surface area (Å²) in [5.74, 6) is -0.280. The number of aliphatic hydroxyl groups excluding tert-OH is 1. The summed E-state index contributed by atoms with van der Waals surface area (Å²) in [5, 5.41) is 29.0. The van der Waals surface area contributed by atoms with Gasteiger partial charge >= 0.3 is 0 Å². The summed E-state index contributed by atoms with van der Waals surface area (Å²) >= 11 is 1.30.